The molecular formula is C24H31ClN2O3. The van der Waals surface area contributed by atoms with E-state index in [0.717, 1.165) is 12.0 Å². The summed E-state index contributed by atoms with van der Waals surface area (Å²) in [4.78, 5) is 27.3. The van der Waals surface area contributed by atoms with Gasteiger partial charge in [-0.3, -0.25) is 9.59 Å². The molecule has 0 unspecified atom stereocenters. The largest absolute Gasteiger partial charge is 0.484 e. The lowest BCUT2D eigenvalue weighted by Crippen LogP contribution is -2.53. The average Bonchev–Trinajstić information content (AvgIpc) is 2.70. The Bertz CT molecular complexity index is 859. The maximum atomic E-state index is 13.0. The number of ether oxygens (including phenoxy) is 1. The number of nitrogens with zero attached hydrogens (tertiary/aromatic N) is 1. The molecule has 2 rings (SSSR count). The Balaban J connectivity index is 2.16. The van der Waals surface area contributed by atoms with Crippen LogP contribution in [0.1, 0.15) is 45.7 Å². The van der Waals surface area contributed by atoms with Crippen LogP contribution in [0.25, 0.3) is 0 Å². The summed E-state index contributed by atoms with van der Waals surface area (Å²) in [7, 11) is 0. The van der Waals surface area contributed by atoms with Crippen molar-refractivity contribution in [2.75, 3.05) is 6.61 Å². The van der Waals surface area contributed by atoms with Gasteiger partial charge < -0.3 is 15.0 Å². The molecule has 0 saturated heterocycles. The van der Waals surface area contributed by atoms with E-state index in [4.69, 9.17) is 16.3 Å². The Morgan fingerprint density at radius 2 is 1.73 bits per heavy atom. The molecule has 0 heterocycles. The van der Waals surface area contributed by atoms with Gasteiger partial charge in [0.05, 0.1) is 0 Å². The minimum absolute atomic E-state index is 0.164. The van der Waals surface area contributed by atoms with Gasteiger partial charge in [0.25, 0.3) is 5.91 Å². The van der Waals surface area contributed by atoms with Gasteiger partial charge in [-0.15, -0.1) is 0 Å². The van der Waals surface area contributed by atoms with Crippen LogP contribution in [0.3, 0.4) is 0 Å². The van der Waals surface area contributed by atoms with Crippen molar-refractivity contribution in [3.05, 3.63) is 64.7 Å². The second kappa shape index (κ2) is 10.5. The summed E-state index contributed by atoms with van der Waals surface area (Å²) in [6.07, 6.45) is 0.936. The molecule has 30 heavy (non-hydrogen) atoms. The lowest BCUT2D eigenvalue weighted by atomic mass is 10.1. The number of carbonyl (C=O) groups excluding carboxylic acids is 2. The smallest absolute Gasteiger partial charge is 0.261 e. The second-order valence-corrected chi connectivity index (χ2v) is 8.72. The molecule has 0 aliphatic carbocycles. The summed E-state index contributed by atoms with van der Waals surface area (Å²) >= 11 is 6.30. The van der Waals surface area contributed by atoms with Crippen molar-refractivity contribution in [3.63, 3.8) is 0 Å². The third kappa shape index (κ3) is 7.06. The molecule has 2 aromatic carbocycles. The van der Waals surface area contributed by atoms with Gasteiger partial charge in [-0.25, -0.2) is 0 Å². The SMILES string of the molecule is CCc1ccc(OCC(=O)N(Cc2ccccc2Cl)[C@H](C)C(=O)NC(C)(C)C)cc1. The first-order chi connectivity index (χ1) is 14.1. The molecule has 1 N–H and O–H groups in total. The van der Waals surface area contributed by atoms with Crippen LogP contribution in [0.15, 0.2) is 48.5 Å². The first kappa shape index (κ1) is 23.7. The molecular weight excluding hydrogens is 400 g/mol. The predicted molar refractivity (Wildman–Crippen MR) is 121 cm³/mol. The molecule has 0 radical (unpaired) electrons. The highest BCUT2D eigenvalue weighted by Crippen LogP contribution is 2.19. The van der Waals surface area contributed by atoms with Gasteiger partial charge in [-0.1, -0.05) is 48.9 Å². The number of nitrogens with one attached hydrogen (secondary N) is 1. The molecule has 0 aliphatic heterocycles. The van der Waals surface area contributed by atoms with Crippen molar-refractivity contribution in [1.82, 2.24) is 10.2 Å². The zero-order valence-electron chi connectivity index (χ0n) is 18.4. The van der Waals surface area contributed by atoms with E-state index in [1.165, 1.54) is 10.5 Å². The minimum Gasteiger partial charge on any atom is -0.484 e. The fourth-order valence-corrected chi connectivity index (χ4v) is 3.11. The summed E-state index contributed by atoms with van der Waals surface area (Å²) in [6, 6.07) is 14.3. The highest BCUT2D eigenvalue weighted by molar-refractivity contribution is 6.31. The molecule has 1 atom stereocenters. The van der Waals surface area contributed by atoms with Gasteiger partial charge >= 0.3 is 0 Å². The molecule has 2 amide bonds. The highest BCUT2D eigenvalue weighted by Gasteiger charge is 2.29. The van der Waals surface area contributed by atoms with Crippen molar-refractivity contribution in [2.45, 2.75) is 59.2 Å². The number of hydrogen-bond acceptors (Lipinski definition) is 3. The van der Waals surface area contributed by atoms with E-state index in [1.807, 2.05) is 63.2 Å². The van der Waals surface area contributed by atoms with Gasteiger partial charge in [0, 0.05) is 17.1 Å². The lowest BCUT2D eigenvalue weighted by molar-refractivity contribution is -0.142. The summed E-state index contributed by atoms with van der Waals surface area (Å²) < 4.78 is 5.69. The molecule has 162 valence electrons. The average molecular weight is 431 g/mol. The number of amides is 2. The van der Waals surface area contributed by atoms with Crippen LogP contribution in [0.5, 0.6) is 5.75 Å². The molecule has 0 bridgehead atoms. The number of benzene rings is 2. The number of rotatable bonds is 8. The van der Waals surface area contributed by atoms with Gasteiger partial charge in [0.1, 0.15) is 11.8 Å². The monoisotopic (exact) mass is 430 g/mol. The zero-order valence-corrected chi connectivity index (χ0v) is 19.1. The second-order valence-electron chi connectivity index (χ2n) is 8.31. The summed E-state index contributed by atoms with van der Waals surface area (Å²) in [5.74, 6) is 0.103. The Morgan fingerprint density at radius 1 is 1.10 bits per heavy atom. The lowest BCUT2D eigenvalue weighted by Gasteiger charge is -2.31. The van der Waals surface area contributed by atoms with Crippen LogP contribution in [0.4, 0.5) is 0 Å². The van der Waals surface area contributed by atoms with Crippen LogP contribution in [-0.2, 0) is 22.6 Å². The summed E-state index contributed by atoms with van der Waals surface area (Å²) in [6.45, 7) is 9.56. The molecule has 0 aliphatic rings. The van der Waals surface area contributed by atoms with E-state index in [1.54, 1.807) is 13.0 Å². The minimum atomic E-state index is -0.681. The van der Waals surface area contributed by atoms with Crippen LogP contribution in [0.2, 0.25) is 5.02 Å². The van der Waals surface area contributed by atoms with Crippen LogP contribution >= 0.6 is 11.6 Å². The normalized spacial score (nSPS) is 12.2. The fourth-order valence-electron chi connectivity index (χ4n) is 2.92. The highest BCUT2D eigenvalue weighted by atomic mass is 35.5. The number of aryl methyl sites for hydroxylation is 1. The van der Waals surface area contributed by atoms with Crippen molar-refractivity contribution < 1.29 is 14.3 Å². The Kier molecular flexibility index (Phi) is 8.30. The van der Waals surface area contributed by atoms with Gasteiger partial charge in [-0.05, 0) is 63.4 Å². The molecule has 0 spiro atoms. The number of carbonyl (C=O) groups is 2. The number of halogens is 1. The zero-order chi connectivity index (χ0) is 22.3. The third-order valence-electron chi connectivity index (χ3n) is 4.66. The first-order valence-electron chi connectivity index (χ1n) is 10.2. The number of hydrogen-bond donors (Lipinski definition) is 1. The van der Waals surface area contributed by atoms with Crippen molar-refractivity contribution in [3.8, 4) is 5.75 Å². The van der Waals surface area contributed by atoms with Gasteiger partial charge in [-0.2, -0.15) is 0 Å². The topological polar surface area (TPSA) is 58.6 Å². The molecule has 5 nitrogen and oxygen atoms in total. The Labute approximate surface area is 184 Å². The molecule has 0 fully saturated rings. The molecule has 0 aromatic heterocycles. The molecule has 2 aromatic rings. The van der Waals surface area contributed by atoms with E-state index in [-0.39, 0.29) is 25.0 Å². The Hall–Kier alpha value is -2.53. The predicted octanol–water partition coefficient (Wildman–Crippen LogP) is 4.61. The standard InChI is InChI=1S/C24H31ClN2O3/c1-6-18-11-13-20(14-12-18)30-16-22(28)27(15-19-9-7-8-10-21(19)25)17(2)23(29)26-24(3,4)5/h7-14,17H,6,15-16H2,1-5H3,(H,26,29)/t17-/m1/s1. The molecule has 6 heteroatoms. The Morgan fingerprint density at radius 3 is 2.30 bits per heavy atom. The van der Waals surface area contributed by atoms with Crippen molar-refractivity contribution >= 4 is 23.4 Å². The van der Waals surface area contributed by atoms with E-state index in [0.29, 0.717) is 10.8 Å². The fraction of sp³-hybridized carbons (Fsp3) is 0.417. The van der Waals surface area contributed by atoms with E-state index < -0.39 is 11.6 Å². The van der Waals surface area contributed by atoms with E-state index >= 15 is 0 Å². The van der Waals surface area contributed by atoms with Crippen molar-refractivity contribution in [1.29, 1.82) is 0 Å². The van der Waals surface area contributed by atoms with E-state index in [9.17, 15) is 9.59 Å². The van der Waals surface area contributed by atoms with Gasteiger partial charge in [0.2, 0.25) is 5.91 Å². The van der Waals surface area contributed by atoms with Gasteiger partial charge in [0.15, 0.2) is 6.61 Å². The summed E-state index contributed by atoms with van der Waals surface area (Å²) in [5, 5.41) is 3.49. The first-order valence-corrected chi connectivity index (χ1v) is 10.5. The molecule has 0 saturated carbocycles. The van der Waals surface area contributed by atoms with Crippen LogP contribution in [-0.4, -0.2) is 34.9 Å². The van der Waals surface area contributed by atoms with Crippen LogP contribution < -0.4 is 10.1 Å². The maximum absolute atomic E-state index is 13.0. The third-order valence-corrected chi connectivity index (χ3v) is 5.03. The summed E-state index contributed by atoms with van der Waals surface area (Å²) in [5.41, 5.74) is 1.57. The maximum Gasteiger partial charge on any atom is 0.261 e. The van der Waals surface area contributed by atoms with Crippen molar-refractivity contribution in [2.24, 2.45) is 0 Å². The van der Waals surface area contributed by atoms with Crippen LogP contribution in [0, 0.1) is 0 Å². The van der Waals surface area contributed by atoms with E-state index in [2.05, 4.69) is 12.2 Å². The quantitative estimate of drug-likeness (QED) is 0.665.